The van der Waals surface area contributed by atoms with Crippen LogP contribution in [-0.4, -0.2) is 46.1 Å². The Balaban J connectivity index is 1.56. The van der Waals surface area contributed by atoms with E-state index < -0.39 is 11.7 Å². The standard InChI is InChI=1S/C21H25F3N4S/c1-14-12-15(2)25-19(13-14)26-20(29)28-10-8-27(9-11-28)16(3)17-4-6-18(7-5-17)21(22,23)24/h4-7,12-13,16H,8-11H2,1-3H3,(H,25,26,29). The van der Waals surface area contributed by atoms with Gasteiger partial charge in [-0.2, -0.15) is 13.2 Å². The second kappa shape index (κ2) is 8.67. The number of piperazine rings is 1. The van der Waals surface area contributed by atoms with Crippen LogP contribution in [0.3, 0.4) is 0 Å². The van der Waals surface area contributed by atoms with Crippen molar-refractivity contribution in [2.45, 2.75) is 33.0 Å². The molecule has 1 N–H and O–H groups in total. The molecule has 2 heterocycles. The van der Waals surface area contributed by atoms with Gasteiger partial charge in [-0.05, 0) is 68.4 Å². The van der Waals surface area contributed by atoms with E-state index in [2.05, 4.69) is 20.1 Å². The summed E-state index contributed by atoms with van der Waals surface area (Å²) in [5.74, 6) is 0.744. The van der Waals surface area contributed by atoms with Crippen molar-refractivity contribution in [3.8, 4) is 0 Å². The van der Waals surface area contributed by atoms with E-state index in [4.69, 9.17) is 12.2 Å². The van der Waals surface area contributed by atoms with Crippen LogP contribution in [0.5, 0.6) is 0 Å². The lowest BCUT2D eigenvalue weighted by molar-refractivity contribution is -0.137. The van der Waals surface area contributed by atoms with E-state index in [0.29, 0.717) is 5.11 Å². The van der Waals surface area contributed by atoms with Crippen molar-refractivity contribution in [3.63, 3.8) is 0 Å². The van der Waals surface area contributed by atoms with Gasteiger partial charge >= 0.3 is 6.18 Å². The molecule has 0 spiro atoms. The minimum atomic E-state index is -4.30. The van der Waals surface area contributed by atoms with E-state index in [0.717, 1.165) is 61.0 Å². The van der Waals surface area contributed by atoms with Gasteiger partial charge in [0.25, 0.3) is 0 Å². The number of hydrogen-bond acceptors (Lipinski definition) is 3. The Morgan fingerprint density at radius 2 is 1.69 bits per heavy atom. The van der Waals surface area contributed by atoms with E-state index in [9.17, 15) is 13.2 Å². The molecular weight excluding hydrogens is 397 g/mol. The van der Waals surface area contributed by atoms with Gasteiger partial charge in [-0.1, -0.05) is 12.1 Å². The highest BCUT2D eigenvalue weighted by Gasteiger charge is 2.30. The van der Waals surface area contributed by atoms with Crippen LogP contribution in [0, 0.1) is 13.8 Å². The molecule has 4 nitrogen and oxygen atoms in total. The molecule has 0 bridgehead atoms. The topological polar surface area (TPSA) is 31.4 Å². The zero-order valence-corrected chi connectivity index (χ0v) is 17.6. The fourth-order valence-corrected chi connectivity index (χ4v) is 3.85. The molecule has 156 valence electrons. The molecule has 0 amide bonds. The van der Waals surface area contributed by atoms with Gasteiger partial charge in [0.1, 0.15) is 5.82 Å². The van der Waals surface area contributed by atoms with Gasteiger partial charge < -0.3 is 10.2 Å². The summed E-state index contributed by atoms with van der Waals surface area (Å²) in [4.78, 5) is 8.82. The number of nitrogens with zero attached hydrogens (tertiary/aromatic N) is 3. The van der Waals surface area contributed by atoms with Crippen molar-refractivity contribution in [2.24, 2.45) is 0 Å². The Hall–Kier alpha value is -2.19. The van der Waals surface area contributed by atoms with E-state index in [1.54, 1.807) is 12.1 Å². The summed E-state index contributed by atoms with van der Waals surface area (Å²) in [6.07, 6.45) is -4.30. The molecule has 1 aliphatic heterocycles. The molecule has 1 atom stereocenters. The zero-order chi connectivity index (χ0) is 21.2. The number of hydrogen-bond donors (Lipinski definition) is 1. The maximum atomic E-state index is 12.8. The zero-order valence-electron chi connectivity index (χ0n) is 16.8. The predicted molar refractivity (Wildman–Crippen MR) is 113 cm³/mol. The molecule has 29 heavy (non-hydrogen) atoms. The molecule has 1 aliphatic rings. The lowest BCUT2D eigenvalue weighted by atomic mass is 10.0. The van der Waals surface area contributed by atoms with Gasteiger partial charge in [0, 0.05) is 37.9 Å². The number of thiocarbonyl (C=S) groups is 1. The van der Waals surface area contributed by atoms with Crippen LogP contribution in [0.25, 0.3) is 0 Å². The van der Waals surface area contributed by atoms with Crippen molar-refractivity contribution >= 4 is 23.1 Å². The Labute approximate surface area is 174 Å². The third-order valence-corrected chi connectivity index (χ3v) is 5.56. The van der Waals surface area contributed by atoms with Crippen LogP contribution >= 0.6 is 12.2 Å². The largest absolute Gasteiger partial charge is 0.416 e. The van der Waals surface area contributed by atoms with E-state index in [1.807, 2.05) is 32.9 Å². The number of benzene rings is 1. The van der Waals surface area contributed by atoms with Crippen molar-refractivity contribution in [3.05, 3.63) is 58.8 Å². The minimum Gasteiger partial charge on any atom is -0.346 e. The summed E-state index contributed by atoms with van der Waals surface area (Å²) in [5, 5.41) is 3.85. The Bertz CT molecular complexity index is 839. The van der Waals surface area contributed by atoms with Crippen molar-refractivity contribution in [1.82, 2.24) is 14.8 Å². The summed E-state index contributed by atoms with van der Waals surface area (Å²) in [5.41, 5.74) is 2.32. The monoisotopic (exact) mass is 422 g/mol. The smallest absolute Gasteiger partial charge is 0.346 e. The Morgan fingerprint density at radius 3 is 2.24 bits per heavy atom. The van der Waals surface area contributed by atoms with Crippen LogP contribution in [0.15, 0.2) is 36.4 Å². The van der Waals surface area contributed by atoms with Gasteiger partial charge in [-0.15, -0.1) is 0 Å². The third-order valence-electron chi connectivity index (χ3n) is 5.20. The number of pyridine rings is 1. The van der Waals surface area contributed by atoms with Gasteiger partial charge in [0.2, 0.25) is 0 Å². The molecule has 1 aromatic carbocycles. The molecular formula is C21H25F3N4S. The van der Waals surface area contributed by atoms with Gasteiger partial charge in [0.15, 0.2) is 5.11 Å². The molecule has 8 heteroatoms. The summed E-state index contributed by atoms with van der Waals surface area (Å²) in [6, 6.07) is 9.45. The predicted octanol–water partition coefficient (Wildman–Crippen LogP) is 4.79. The van der Waals surface area contributed by atoms with Crippen LogP contribution in [0.2, 0.25) is 0 Å². The molecule has 1 unspecified atom stereocenters. The fraction of sp³-hybridized carbons (Fsp3) is 0.429. The first-order valence-corrected chi connectivity index (χ1v) is 9.97. The minimum absolute atomic E-state index is 0.0436. The van der Waals surface area contributed by atoms with Gasteiger partial charge in [-0.25, -0.2) is 4.98 Å². The highest BCUT2D eigenvalue weighted by atomic mass is 32.1. The first kappa shape index (κ1) is 21.5. The second-order valence-electron chi connectivity index (χ2n) is 7.42. The molecule has 3 rings (SSSR count). The maximum absolute atomic E-state index is 12.8. The molecule has 0 saturated carbocycles. The van der Waals surface area contributed by atoms with Crippen molar-refractivity contribution < 1.29 is 13.2 Å². The third kappa shape index (κ3) is 5.45. The van der Waals surface area contributed by atoms with Crippen molar-refractivity contribution in [2.75, 3.05) is 31.5 Å². The average Bonchev–Trinajstić information content (AvgIpc) is 2.66. The summed E-state index contributed by atoms with van der Waals surface area (Å²) < 4.78 is 38.3. The van der Waals surface area contributed by atoms with Crippen LogP contribution in [-0.2, 0) is 6.18 Å². The van der Waals surface area contributed by atoms with Crippen molar-refractivity contribution in [1.29, 1.82) is 0 Å². The molecule has 0 radical (unpaired) electrons. The number of anilines is 1. The fourth-order valence-electron chi connectivity index (χ4n) is 3.57. The number of aromatic nitrogens is 1. The van der Waals surface area contributed by atoms with Gasteiger partial charge in [0.05, 0.1) is 5.56 Å². The first-order chi connectivity index (χ1) is 13.6. The number of rotatable bonds is 3. The van der Waals surface area contributed by atoms with E-state index in [-0.39, 0.29) is 6.04 Å². The van der Waals surface area contributed by atoms with E-state index in [1.165, 1.54) is 0 Å². The maximum Gasteiger partial charge on any atom is 0.416 e. The molecule has 2 aromatic rings. The van der Waals surface area contributed by atoms with Crippen LogP contribution in [0.1, 0.15) is 35.3 Å². The highest BCUT2D eigenvalue weighted by Crippen LogP contribution is 2.31. The molecule has 1 saturated heterocycles. The molecule has 1 fully saturated rings. The summed E-state index contributed by atoms with van der Waals surface area (Å²) >= 11 is 5.54. The normalized spacial score (nSPS) is 16.6. The van der Waals surface area contributed by atoms with Gasteiger partial charge in [-0.3, -0.25) is 4.90 Å². The summed E-state index contributed by atoms with van der Waals surface area (Å²) in [7, 11) is 0. The Morgan fingerprint density at radius 1 is 1.07 bits per heavy atom. The van der Waals surface area contributed by atoms with E-state index >= 15 is 0 Å². The quantitative estimate of drug-likeness (QED) is 0.719. The molecule has 0 aliphatic carbocycles. The average molecular weight is 423 g/mol. The SMILES string of the molecule is Cc1cc(C)nc(NC(=S)N2CCN(C(C)c3ccc(C(F)(F)F)cc3)CC2)c1. The summed E-state index contributed by atoms with van der Waals surface area (Å²) in [6.45, 7) is 9.05. The number of nitrogens with one attached hydrogen (secondary N) is 1. The second-order valence-corrected chi connectivity index (χ2v) is 7.81. The highest BCUT2D eigenvalue weighted by molar-refractivity contribution is 7.80. The lowest BCUT2D eigenvalue weighted by Gasteiger charge is -2.39. The van der Waals surface area contributed by atoms with Crippen LogP contribution in [0.4, 0.5) is 19.0 Å². The number of halogens is 3. The molecule has 1 aromatic heterocycles. The Kier molecular flexibility index (Phi) is 6.43. The number of aryl methyl sites for hydroxylation is 2. The lowest BCUT2D eigenvalue weighted by Crippen LogP contribution is -2.50. The number of alkyl halides is 3. The van der Waals surface area contributed by atoms with Crippen LogP contribution < -0.4 is 5.32 Å². The first-order valence-electron chi connectivity index (χ1n) is 9.56.